The Labute approximate surface area is 128 Å². The molecular weight excluding hydrogens is 308 g/mol. The molecular formula is C13H18N4O2S2. The molecule has 3 rings (SSSR count). The van der Waals surface area contributed by atoms with Crippen LogP contribution in [-0.4, -0.2) is 47.8 Å². The van der Waals surface area contributed by atoms with Crippen LogP contribution in [0.25, 0.3) is 0 Å². The van der Waals surface area contributed by atoms with Crippen LogP contribution in [-0.2, 0) is 16.4 Å². The molecule has 0 bridgehead atoms. The molecule has 1 fully saturated rings. The molecule has 1 aliphatic heterocycles. The van der Waals surface area contributed by atoms with Crippen molar-refractivity contribution in [2.24, 2.45) is 0 Å². The van der Waals surface area contributed by atoms with Crippen molar-refractivity contribution < 1.29 is 8.42 Å². The summed E-state index contributed by atoms with van der Waals surface area (Å²) in [7, 11) is -3.23. The number of aromatic nitrogens is 3. The summed E-state index contributed by atoms with van der Waals surface area (Å²) in [5.41, 5.74) is 3.67. The van der Waals surface area contributed by atoms with Crippen molar-refractivity contribution >= 4 is 21.2 Å². The number of rotatable bonds is 4. The van der Waals surface area contributed by atoms with Crippen LogP contribution in [0.3, 0.4) is 0 Å². The Morgan fingerprint density at radius 3 is 3.10 bits per heavy atom. The summed E-state index contributed by atoms with van der Waals surface area (Å²) >= 11 is 1.60. The lowest BCUT2D eigenvalue weighted by atomic mass is 9.95. The van der Waals surface area contributed by atoms with Gasteiger partial charge in [0.05, 0.1) is 23.1 Å². The summed E-state index contributed by atoms with van der Waals surface area (Å²) in [5, 5.41) is 8.88. The Bertz CT molecular complexity index is 694. The molecule has 1 aliphatic rings. The lowest BCUT2D eigenvalue weighted by Crippen LogP contribution is -2.34. The van der Waals surface area contributed by atoms with Crippen LogP contribution in [0, 0.1) is 0 Å². The van der Waals surface area contributed by atoms with Gasteiger partial charge in [-0.25, -0.2) is 13.4 Å². The number of thiazole rings is 1. The second-order valence-electron chi connectivity index (χ2n) is 5.47. The molecule has 8 heteroatoms. The average Bonchev–Trinajstić information content (AvgIpc) is 3.08. The van der Waals surface area contributed by atoms with E-state index in [9.17, 15) is 8.42 Å². The third-order valence-electron chi connectivity index (χ3n) is 3.81. The highest BCUT2D eigenvalue weighted by molar-refractivity contribution is 7.90. The summed E-state index contributed by atoms with van der Waals surface area (Å²) in [4.78, 5) is 6.98. The molecule has 1 atom stereocenters. The number of H-pyrrole nitrogens is 1. The fourth-order valence-electron chi connectivity index (χ4n) is 2.85. The third kappa shape index (κ3) is 3.33. The molecule has 1 N–H and O–H groups in total. The molecule has 1 saturated heterocycles. The van der Waals surface area contributed by atoms with Gasteiger partial charge in [-0.3, -0.25) is 10.00 Å². The van der Waals surface area contributed by atoms with Crippen LogP contribution in [0.5, 0.6) is 0 Å². The highest BCUT2D eigenvalue weighted by Crippen LogP contribution is 2.30. The molecule has 1 unspecified atom stereocenters. The number of hydrogen-bond acceptors (Lipinski definition) is 6. The second kappa shape index (κ2) is 5.86. The number of piperidine rings is 1. The van der Waals surface area contributed by atoms with Gasteiger partial charge < -0.3 is 0 Å². The van der Waals surface area contributed by atoms with Crippen LogP contribution < -0.4 is 0 Å². The van der Waals surface area contributed by atoms with Crippen LogP contribution in [0.4, 0.5) is 0 Å². The van der Waals surface area contributed by atoms with Crippen molar-refractivity contribution in [1.29, 1.82) is 0 Å². The molecule has 114 valence electrons. The molecule has 3 heterocycles. The summed E-state index contributed by atoms with van der Waals surface area (Å²) in [6.07, 6.45) is 4.69. The van der Waals surface area contributed by atoms with Crippen molar-refractivity contribution in [3.05, 3.63) is 28.5 Å². The Balaban J connectivity index is 1.76. The van der Waals surface area contributed by atoms with Gasteiger partial charge in [-0.1, -0.05) is 0 Å². The number of nitrogens with zero attached hydrogens (tertiary/aromatic N) is 3. The van der Waals surface area contributed by atoms with E-state index in [1.165, 1.54) is 12.5 Å². The Kier molecular flexibility index (Phi) is 4.10. The van der Waals surface area contributed by atoms with Gasteiger partial charge in [-0.15, -0.1) is 11.3 Å². The zero-order valence-corrected chi connectivity index (χ0v) is 13.5. The van der Waals surface area contributed by atoms with Gasteiger partial charge in [-0.2, -0.15) is 5.10 Å². The quantitative estimate of drug-likeness (QED) is 0.924. The number of likely N-dealkylation sites (tertiary alicyclic amines) is 1. The fraction of sp³-hybridized carbons (Fsp3) is 0.538. The summed E-state index contributed by atoms with van der Waals surface area (Å²) in [6, 6.07) is 0. The van der Waals surface area contributed by atoms with Gasteiger partial charge in [0.1, 0.15) is 4.90 Å². The van der Waals surface area contributed by atoms with Gasteiger partial charge in [0.2, 0.25) is 0 Å². The highest BCUT2D eigenvalue weighted by atomic mass is 32.2. The topological polar surface area (TPSA) is 79.0 Å². The van der Waals surface area contributed by atoms with Gasteiger partial charge in [-0.05, 0) is 19.4 Å². The van der Waals surface area contributed by atoms with Gasteiger partial charge in [0.25, 0.3) is 0 Å². The molecule has 0 aromatic carbocycles. The molecule has 2 aromatic heterocycles. The molecule has 0 saturated carbocycles. The monoisotopic (exact) mass is 326 g/mol. The maximum Gasteiger partial charge on any atom is 0.178 e. The first-order chi connectivity index (χ1) is 10.0. The number of hydrogen-bond donors (Lipinski definition) is 1. The van der Waals surface area contributed by atoms with Crippen molar-refractivity contribution in [3.8, 4) is 0 Å². The summed E-state index contributed by atoms with van der Waals surface area (Å²) in [5.74, 6) is 0.185. The lowest BCUT2D eigenvalue weighted by molar-refractivity contribution is 0.195. The van der Waals surface area contributed by atoms with E-state index in [1.54, 1.807) is 11.3 Å². The molecule has 21 heavy (non-hydrogen) atoms. The number of aromatic amines is 1. The Morgan fingerprint density at radius 2 is 2.38 bits per heavy atom. The SMILES string of the molecule is CS(=O)(=O)c1cn[nH]c1C1CCCN(Cc2cscn2)C1. The lowest BCUT2D eigenvalue weighted by Gasteiger charge is -2.32. The Morgan fingerprint density at radius 1 is 1.52 bits per heavy atom. The summed E-state index contributed by atoms with van der Waals surface area (Å²) in [6.45, 7) is 2.68. The number of nitrogens with one attached hydrogen (secondary N) is 1. The van der Waals surface area contributed by atoms with E-state index in [-0.39, 0.29) is 5.92 Å². The average molecular weight is 326 g/mol. The predicted molar refractivity (Wildman–Crippen MR) is 81.1 cm³/mol. The minimum absolute atomic E-state index is 0.185. The van der Waals surface area contributed by atoms with Gasteiger partial charge in [0, 0.05) is 30.6 Å². The van der Waals surface area contributed by atoms with Gasteiger partial charge in [0.15, 0.2) is 9.84 Å². The molecule has 0 radical (unpaired) electrons. The zero-order valence-electron chi connectivity index (χ0n) is 11.8. The first kappa shape index (κ1) is 14.7. The van der Waals surface area contributed by atoms with Crippen molar-refractivity contribution in [2.45, 2.75) is 30.2 Å². The van der Waals surface area contributed by atoms with Crippen LogP contribution in [0.2, 0.25) is 0 Å². The van der Waals surface area contributed by atoms with Crippen LogP contribution in [0.15, 0.2) is 22.0 Å². The summed E-state index contributed by atoms with van der Waals surface area (Å²) < 4.78 is 23.6. The normalized spacial score (nSPS) is 20.7. The second-order valence-corrected chi connectivity index (χ2v) is 8.18. The van der Waals surface area contributed by atoms with Crippen molar-refractivity contribution in [3.63, 3.8) is 0 Å². The largest absolute Gasteiger partial charge is 0.297 e. The Hall–Kier alpha value is -1.25. The maximum atomic E-state index is 11.8. The van der Waals surface area contributed by atoms with E-state index in [0.717, 1.165) is 43.9 Å². The van der Waals surface area contributed by atoms with E-state index < -0.39 is 9.84 Å². The van der Waals surface area contributed by atoms with Crippen molar-refractivity contribution in [2.75, 3.05) is 19.3 Å². The van der Waals surface area contributed by atoms with Crippen LogP contribution in [0.1, 0.15) is 30.1 Å². The van der Waals surface area contributed by atoms with E-state index in [1.807, 2.05) is 5.51 Å². The van der Waals surface area contributed by atoms with E-state index in [0.29, 0.717) is 4.90 Å². The highest BCUT2D eigenvalue weighted by Gasteiger charge is 2.27. The van der Waals surface area contributed by atoms with Gasteiger partial charge >= 0.3 is 0 Å². The standard InChI is InChI=1S/C13H18N4O2S2/c1-21(18,19)12-5-15-16-13(12)10-3-2-4-17(6-10)7-11-8-20-9-14-11/h5,8-10H,2-4,6-7H2,1H3,(H,15,16). The molecule has 0 aliphatic carbocycles. The smallest absolute Gasteiger partial charge is 0.178 e. The van der Waals surface area contributed by atoms with Crippen LogP contribution >= 0.6 is 11.3 Å². The molecule has 0 spiro atoms. The molecule has 2 aromatic rings. The van der Waals surface area contributed by atoms with E-state index in [4.69, 9.17) is 0 Å². The first-order valence-corrected chi connectivity index (χ1v) is 9.70. The van der Waals surface area contributed by atoms with E-state index in [2.05, 4.69) is 25.5 Å². The zero-order chi connectivity index (χ0) is 14.9. The third-order valence-corrected chi connectivity index (χ3v) is 5.57. The van der Waals surface area contributed by atoms with E-state index >= 15 is 0 Å². The molecule has 6 nitrogen and oxygen atoms in total. The first-order valence-electron chi connectivity index (χ1n) is 6.87. The minimum atomic E-state index is -3.23. The molecule has 0 amide bonds. The number of sulfone groups is 1. The fourth-order valence-corrected chi connectivity index (χ4v) is 4.26. The predicted octanol–water partition coefficient (Wildman–Crippen LogP) is 1.65. The maximum absolute atomic E-state index is 11.8. The minimum Gasteiger partial charge on any atom is -0.297 e. The van der Waals surface area contributed by atoms with Crippen molar-refractivity contribution in [1.82, 2.24) is 20.1 Å².